The predicted octanol–water partition coefficient (Wildman–Crippen LogP) is 4.50. The Kier molecular flexibility index (Phi) is 5.10. The maximum absolute atomic E-state index is 12.5. The van der Waals surface area contributed by atoms with Gasteiger partial charge in [0.25, 0.3) is 0 Å². The van der Waals surface area contributed by atoms with E-state index in [0.29, 0.717) is 17.1 Å². The zero-order chi connectivity index (χ0) is 18.0. The van der Waals surface area contributed by atoms with Gasteiger partial charge in [-0.15, -0.1) is 11.8 Å². The third-order valence-electron chi connectivity index (χ3n) is 3.67. The van der Waals surface area contributed by atoms with Gasteiger partial charge in [0.05, 0.1) is 11.1 Å². The molecule has 6 nitrogen and oxygen atoms in total. The number of hydrogen-bond donors (Lipinski definition) is 2. The molecule has 8 heteroatoms. The fourth-order valence-electron chi connectivity index (χ4n) is 2.42. The Morgan fingerprint density at radius 2 is 1.92 bits per heavy atom. The molecule has 0 fully saturated rings. The van der Waals surface area contributed by atoms with Crippen molar-refractivity contribution in [3.05, 3.63) is 42.5 Å². The Morgan fingerprint density at radius 1 is 1.20 bits per heavy atom. The van der Waals surface area contributed by atoms with Crippen LogP contribution in [0.4, 0.5) is 22.0 Å². The maximum Gasteiger partial charge on any atom is 0.337 e. The van der Waals surface area contributed by atoms with E-state index < -0.39 is 6.03 Å². The molecule has 0 aliphatic heterocycles. The summed E-state index contributed by atoms with van der Waals surface area (Å²) < 4.78 is 6.50. The Balaban J connectivity index is 1.88. The van der Waals surface area contributed by atoms with E-state index in [-0.39, 0.29) is 0 Å². The predicted molar refractivity (Wildman–Crippen MR) is 107 cm³/mol. The number of nitrogens with one attached hydrogen (secondary N) is 1. The highest BCUT2D eigenvalue weighted by atomic mass is 32.2. The smallest absolute Gasteiger partial charge is 0.337 e. The van der Waals surface area contributed by atoms with Gasteiger partial charge in [-0.05, 0) is 42.7 Å². The molecule has 1 N–H and O–H groups in total. The molecule has 0 atom stereocenters. The lowest BCUT2D eigenvalue weighted by molar-refractivity contribution is 0.260. The third kappa shape index (κ3) is 3.54. The molecular weight excluding hydrogens is 356 g/mol. The molecular formula is C17H18N4O2S2. The van der Waals surface area contributed by atoms with E-state index in [2.05, 4.69) is 23.3 Å². The highest BCUT2D eigenvalue weighted by Crippen LogP contribution is 2.35. The molecule has 2 amide bonds. The van der Waals surface area contributed by atoms with E-state index in [9.17, 15) is 4.79 Å². The fourth-order valence-corrected chi connectivity index (χ4v) is 3.02. The van der Waals surface area contributed by atoms with Crippen molar-refractivity contribution in [2.45, 2.75) is 4.90 Å². The zero-order valence-corrected chi connectivity index (χ0v) is 15.8. The van der Waals surface area contributed by atoms with Gasteiger partial charge in [-0.3, -0.25) is 0 Å². The Labute approximate surface area is 155 Å². The van der Waals surface area contributed by atoms with Crippen LogP contribution >= 0.6 is 24.6 Å². The minimum atomic E-state index is -0.413. The van der Waals surface area contributed by atoms with Crippen LogP contribution < -0.4 is 14.5 Å². The van der Waals surface area contributed by atoms with Crippen molar-refractivity contribution in [3.8, 4) is 0 Å². The Hall–Kier alpha value is -2.32. The Morgan fingerprint density at radius 3 is 2.56 bits per heavy atom. The summed E-state index contributed by atoms with van der Waals surface area (Å²) in [7, 11) is 3.84. The summed E-state index contributed by atoms with van der Waals surface area (Å²) in [4.78, 5) is 15.6. The maximum atomic E-state index is 12.5. The number of thiol groups is 1. The van der Waals surface area contributed by atoms with E-state index in [4.69, 9.17) is 4.52 Å². The van der Waals surface area contributed by atoms with Crippen LogP contribution in [0.25, 0.3) is 11.0 Å². The topological polar surface area (TPSA) is 61.6 Å². The van der Waals surface area contributed by atoms with Gasteiger partial charge < -0.3 is 14.7 Å². The van der Waals surface area contributed by atoms with Crippen molar-refractivity contribution < 1.29 is 9.32 Å². The molecule has 2 aromatic carbocycles. The van der Waals surface area contributed by atoms with Crippen molar-refractivity contribution in [1.82, 2.24) is 5.16 Å². The lowest BCUT2D eigenvalue weighted by atomic mass is 10.2. The van der Waals surface area contributed by atoms with Crippen LogP contribution in [0.5, 0.6) is 0 Å². The van der Waals surface area contributed by atoms with Gasteiger partial charge in [0.1, 0.15) is 0 Å². The SMILES string of the molecule is CSc1ccc(NC(=O)N(S)c2noc3cccc(N(C)C)c23)cc1. The van der Waals surface area contributed by atoms with Crippen LogP contribution in [0.2, 0.25) is 0 Å². The van der Waals surface area contributed by atoms with Gasteiger partial charge in [-0.1, -0.05) is 24.0 Å². The molecule has 1 aromatic heterocycles. The number of amides is 2. The first-order valence-corrected chi connectivity index (χ1v) is 9.13. The molecule has 0 bridgehead atoms. The molecule has 0 radical (unpaired) electrons. The van der Waals surface area contributed by atoms with Crippen LogP contribution in [0.15, 0.2) is 51.9 Å². The van der Waals surface area contributed by atoms with Gasteiger partial charge >= 0.3 is 6.03 Å². The largest absolute Gasteiger partial charge is 0.377 e. The number of fused-ring (bicyclic) bond motifs is 1. The number of thioether (sulfide) groups is 1. The number of urea groups is 1. The second-order valence-electron chi connectivity index (χ2n) is 5.52. The van der Waals surface area contributed by atoms with Gasteiger partial charge in [-0.2, -0.15) is 0 Å². The molecule has 0 aliphatic rings. The minimum Gasteiger partial charge on any atom is -0.377 e. The van der Waals surface area contributed by atoms with E-state index in [0.717, 1.165) is 20.3 Å². The Bertz CT molecular complexity index is 893. The summed E-state index contributed by atoms with van der Waals surface area (Å²) in [5.74, 6) is 0.348. The number of anilines is 3. The van der Waals surface area contributed by atoms with Gasteiger partial charge in [0.15, 0.2) is 11.4 Å². The number of hydrogen-bond acceptors (Lipinski definition) is 6. The van der Waals surface area contributed by atoms with Crippen LogP contribution in [-0.2, 0) is 0 Å². The number of aromatic nitrogens is 1. The summed E-state index contributed by atoms with van der Waals surface area (Å²) in [5.41, 5.74) is 2.17. The first kappa shape index (κ1) is 17.5. The van der Waals surface area contributed by atoms with Crippen molar-refractivity contribution in [3.63, 3.8) is 0 Å². The molecule has 1 heterocycles. The first-order valence-electron chi connectivity index (χ1n) is 7.51. The average molecular weight is 374 g/mol. The summed E-state index contributed by atoms with van der Waals surface area (Å²) in [6.07, 6.45) is 2.00. The van der Waals surface area contributed by atoms with Crippen molar-refractivity contribution in [2.24, 2.45) is 0 Å². The number of carbonyl (C=O) groups excluding carboxylic acids is 1. The monoisotopic (exact) mass is 374 g/mol. The second-order valence-corrected chi connectivity index (χ2v) is 6.80. The number of benzene rings is 2. The summed E-state index contributed by atoms with van der Waals surface area (Å²) in [5, 5.41) is 7.54. The molecule has 25 heavy (non-hydrogen) atoms. The summed E-state index contributed by atoms with van der Waals surface area (Å²) >= 11 is 5.96. The van der Waals surface area contributed by atoms with Gasteiger partial charge in [0, 0.05) is 24.7 Å². The van der Waals surface area contributed by atoms with Crippen LogP contribution in [-0.4, -0.2) is 31.5 Å². The number of nitrogens with zero attached hydrogens (tertiary/aromatic N) is 3. The summed E-state index contributed by atoms with van der Waals surface area (Å²) in [6.45, 7) is 0. The van der Waals surface area contributed by atoms with Crippen LogP contribution in [0, 0.1) is 0 Å². The highest BCUT2D eigenvalue weighted by Gasteiger charge is 2.22. The molecule has 0 spiro atoms. The van der Waals surface area contributed by atoms with E-state index in [1.807, 2.05) is 61.6 Å². The molecule has 0 unspecified atom stereocenters. The average Bonchev–Trinajstić information content (AvgIpc) is 3.05. The summed E-state index contributed by atoms with van der Waals surface area (Å²) in [6, 6.07) is 12.8. The molecule has 3 aromatic rings. The van der Waals surface area contributed by atoms with Crippen molar-refractivity contribution >= 4 is 58.8 Å². The zero-order valence-electron chi connectivity index (χ0n) is 14.1. The van der Waals surface area contributed by atoms with E-state index in [1.54, 1.807) is 17.8 Å². The first-order chi connectivity index (χ1) is 12.0. The minimum absolute atomic E-state index is 0.348. The normalized spacial score (nSPS) is 10.7. The van der Waals surface area contributed by atoms with Crippen molar-refractivity contribution in [2.75, 3.05) is 34.9 Å². The lowest BCUT2D eigenvalue weighted by Gasteiger charge is -2.17. The molecule has 130 valence electrons. The van der Waals surface area contributed by atoms with Gasteiger partial charge in [0.2, 0.25) is 0 Å². The quantitative estimate of drug-likeness (QED) is 0.520. The fraction of sp³-hybridized carbons (Fsp3) is 0.176. The number of carbonyl (C=O) groups is 1. The second kappa shape index (κ2) is 7.28. The molecule has 0 saturated carbocycles. The van der Waals surface area contributed by atoms with Crippen LogP contribution in [0.1, 0.15) is 0 Å². The number of rotatable bonds is 4. The molecule has 0 saturated heterocycles. The van der Waals surface area contributed by atoms with Crippen molar-refractivity contribution in [1.29, 1.82) is 0 Å². The third-order valence-corrected chi connectivity index (χ3v) is 4.79. The lowest BCUT2D eigenvalue weighted by Crippen LogP contribution is -2.27. The van der Waals surface area contributed by atoms with E-state index >= 15 is 0 Å². The van der Waals surface area contributed by atoms with Gasteiger partial charge in [-0.25, -0.2) is 9.10 Å². The molecule has 0 aliphatic carbocycles. The molecule has 3 rings (SSSR count). The van der Waals surface area contributed by atoms with E-state index in [1.165, 1.54) is 0 Å². The highest BCUT2D eigenvalue weighted by molar-refractivity contribution is 7.98. The standard InChI is InChI=1S/C17H18N4O2S2/c1-20(2)13-5-4-6-14-15(13)16(19-23-14)21(24)17(22)18-11-7-9-12(25-3)10-8-11/h4-10,24H,1-3H3,(H,18,22). The van der Waals surface area contributed by atoms with Crippen LogP contribution in [0.3, 0.4) is 0 Å².